The van der Waals surface area contributed by atoms with Crippen LogP contribution in [0.4, 0.5) is 24.7 Å². The quantitative estimate of drug-likeness (QED) is 0.617. The maximum absolute atomic E-state index is 13.1. The van der Waals surface area contributed by atoms with Crippen LogP contribution >= 0.6 is 0 Å². The van der Waals surface area contributed by atoms with Gasteiger partial charge in [-0.15, -0.1) is 0 Å². The van der Waals surface area contributed by atoms with Crippen molar-refractivity contribution >= 4 is 27.4 Å². The van der Waals surface area contributed by atoms with Crippen LogP contribution in [0.15, 0.2) is 47.5 Å². The van der Waals surface area contributed by atoms with E-state index in [9.17, 15) is 26.4 Å². The molecule has 0 radical (unpaired) electrons. The lowest BCUT2D eigenvalue weighted by atomic mass is 9.97. The Morgan fingerprint density at radius 1 is 1.03 bits per heavy atom. The van der Waals surface area contributed by atoms with Crippen molar-refractivity contribution in [3.05, 3.63) is 48.2 Å². The monoisotopic (exact) mass is 511 g/mol. The average Bonchev–Trinajstić information content (AvgIpc) is 2.84. The number of pyridine rings is 1. The molecular weight excluding hydrogens is 483 g/mol. The lowest BCUT2D eigenvalue weighted by Gasteiger charge is -2.33. The first-order valence-electron chi connectivity index (χ1n) is 11.5. The third kappa shape index (κ3) is 5.87. The van der Waals surface area contributed by atoms with E-state index in [0.717, 1.165) is 37.3 Å². The molecule has 3 heterocycles. The number of halogens is 3. The van der Waals surface area contributed by atoms with Crippen molar-refractivity contribution in [1.82, 2.24) is 9.29 Å². The molecule has 2 fully saturated rings. The minimum Gasteiger partial charge on any atom is -0.371 e. The summed E-state index contributed by atoms with van der Waals surface area (Å²) in [7, 11) is -3.68. The number of hydrogen-bond donors (Lipinski definition) is 2. The highest BCUT2D eigenvalue weighted by molar-refractivity contribution is 7.89. The number of nitrogens with two attached hydrogens (primary N) is 1. The Labute approximate surface area is 202 Å². The van der Waals surface area contributed by atoms with Gasteiger partial charge >= 0.3 is 6.18 Å². The smallest absolute Gasteiger partial charge is 0.371 e. The molecule has 12 heteroatoms. The van der Waals surface area contributed by atoms with Crippen LogP contribution in [-0.4, -0.2) is 55.8 Å². The van der Waals surface area contributed by atoms with E-state index >= 15 is 0 Å². The van der Waals surface area contributed by atoms with Crippen LogP contribution in [0.5, 0.6) is 0 Å². The lowest BCUT2D eigenvalue weighted by molar-refractivity contribution is -0.137. The van der Waals surface area contributed by atoms with Crippen LogP contribution in [0.2, 0.25) is 0 Å². The van der Waals surface area contributed by atoms with Gasteiger partial charge in [0.1, 0.15) is 5.82 Å². The summed E-state index contributed by atoms with van der Waals surface area (Å²) in [5, 5.41) is 3.09. The SMILES string of the molecule is NC(=O)C1CCCN(c2ccc(S(=O)(=O)N3CCC(Nc4ccc(C(F)(F)F)cn4)CC3)cc2)C1. The molecule has 0 bridgehead atoms. The van der Waals surface area contributed by atoms with Crippen LogP contribution in [0.3, 0.4) is 0 Å². The van der Waals surface area contributed by atoms with Gasteiger partial charge in [-0.2, -0.15) is 17.5 Å². The van der Waals surface area contributed by atoms with Gasteiger partial charge in [-0.1, -0.05) is 0 Å². The number of alkyl halides is 3. The fourth-order valence-electron chi connectivity index (χ4n) is 4.52. The normalized spacial score (nSPS) is 20.5. The fraction of sp³-hybridized carbons (Fsp3) is 0.478. The molecule has 1 atom stereocenters. The number of hydrogen-bond acceptors (Lipinski definition) is 6. The van der Waals surface area contributed by atoms with E-state index in [4.69, 9.17) is 5.73 Å². The maximum Gasteiger partial charge on any atom is 0.417 e. The van der Waals surface area contributed by atoms with E-state index in [1.807, 2.05) is 4.90 Å². The minimum absolute atomic E-state index is 0.0923. The number of carbonyl (C=O) groups excluding carboxylic acids is 1. The molecule has 2 saturated heterocycles. The zero-order valence-electron chi connectivity index (χ0n) is 19.0. The summed E-state index contributed by atoms with van der Waals surface area (Å²) >= 11 is 0. The number of nitrogens with one attached hydrogen (secondary N) is 1. The molecule has 1 aromatic heterocycles. The molecule has 3 N–H and O–H groups in total. The predicted molar refractivity (Wildman–Crippen MR) is 125 cm³/mol. The number of carbonyl (C=O) groups is 1. The first kappa shape index (κ1) is 25.2. The second-order valence-electron chi connectivity index (χ2n) is 8.93. The Morgan fingerprint density at radius 2 is 1.71 bits per heavy atom. The highest BCUT2D eigenvalue weighted by atomic mass is 32.2. The Hall–Kier alpha value is -2.86. The molecule has 0 spiro atoms. The molecule has 1 amide bonds. The largest absolute Gasteiger partial charge is 0.417 e. The number of nitrogens with zero attached hydrogens (tertiary/aromatic N) is 3. The molecule has 35 heavy (non-hydrogen) atoms. The second kappa shape index (κ2) is 10.0. The number of rotatable bonds is 6. The van der Waals surface area contributed by atoms with Crippen molar-refractivity contribution in [3.63, 3.8) is 0 Å². The van der Waals surface area contributed by atoms with E-state index in [1.165, 1.54) is 10.4 Å². The van der Waals surface area contributed by atoms with Crippen molar-refractivity contribution in [2.45, 2.75) is 42.8 Å². The van der Waals surface area contributed by atoms with E-state index in [2.05, 4.69) is 10.3 Å². The van der Waals surface area contributed by atoms with Crippen LogP contribution in [0, 0.1) is 5.92 Å². The lowest BCUT2D eigenvalue weighted by Crippen LogP contribution is -2.42. The number of primary amides is 1. The zero-order chi connectivity index (χ0) is 25.2. The Balaban J connectivity index is 1.34. The summed E-state index contributed by atoms with van der Waals surface area (Å²) in [5.41, 5.74) is 5.48. The topological polar surface area (TPSA) is 109 Å². The van der Waals surface area contributed by atoms with Gasteiger partial charge in [0.05, 0.1) is 16.4 Å². The van der Waals surface area contributed by atoms with Gasteiger partial charge in [-0.25, -0.2) is 13.4 Å². The van der Waals surface area contributed by atoms with Crippen molar-refractivity contribution in [2.24, 2.45) is 11.7 Å². The number of anilines is 2. The molecule has 0 aliphatic carbocycles. The van der Waals surface area contributed by atoms with Crippen LogP contribution in [0.1, 0.15) is 31.2 Å². The summed E-state index contributed by atoms with van der Waals surface area (Å²) in [6.07, 6.45) is -1.05. The molecule has 2 aliphatic rings. The molecule has 1 aromatic carbocycles. The number of benzene rings is 1. The van der Waals surface area contributed by atoms with Gasteiger partial charge < -0.3 is 16.0 Å². The Morgan fingerprint density at radius 3 is 2.29 bits per heavy atom. The Bertz CT molecular complexity index is 1130. The van der Waals surface area contributed by atoms with Crippen LogP contribution in [0.25, 0.3) is 0 Å². The van der Waals surface area contributed by atoms with Gasteiger partial charge in [-0.05, 0) is 62.1 Å². The number of sulfonamides is 1. The summed E-state index contributed by atoms with van der Waals surface area (Å²) in [4.78, 5) is 17.6. The van der Waals surface area contributed by atoms with Gasteiger partial charge in [0.25, 0.3) is 0 Å². The number of amides is 1. The van der Waals surface area contributed by atoms with E-state index in [0.29, 0.717) is 25.2 Å². The molecule has 190 valence electrons. The molecule has 2 aliphatic heterocycles. The third-order valence-electron chi connectivity index (χ3n) is 6.56. The van der Waals surface area contributed by atoms with Gasteiger partial charge in [-0.3, -0.25) is 4.79 Å². The maximum atomic E-state index is 13.1. The highest BCUT2D eigenvalue weighted by Gasteiger charge is 2.32. The minimum atomic E-state index is -4.44. The molecular formula is C23H28F3N5O3S. The standard InChI is InChI=1S/C23H28F3N5O3S/c24-23(25,26)17-3-8-21(28-14-17)29-18-9-12-31(13-10-18)35(33,34)20-6-4-19(5-7-20)30-11-1-2-16(15-30)22(27)32/h3-8,14,16,18H,1-2,9-13,15H2,(H2,27,32)(H,28,29). The van der Waals surface area contributed by atoms with Crippen molar-refractivity contribution in [3.8, 4) is 0 Å². The first-order chi connectivity index (χ1) is 16.5. The van der Waals surface area contributed by atoms with Gasteiger partial charge in [0.15, 0.2) is 0 Å². The molecule has 4 rings (SSSR count). The fourth-order valence-corrected chi connectivity index (χ4v) is 5.99. The third-order valence-corrected chi connectivity index (χ3v) is 8.47. The van der Waals surface area contributed by atoms with E-state index in [-0.39, 0.29) is 35.9 Å². The molecule has 1 unspecified atom stereocenters. The van der Waals surface area contributed by atoms with E-state index in [1.54, 1.807) is 24.3 Å². The zero-order valence-corrected chi connectivity index (χ0v) is 19.9. The summed E-state index contributed by atoms with van der Waals surface area (Å²) in [6, 6.07) is 8.81. The van der Waals surface area contributed by atoms with Gasteiger partial charge in [0.2, 0.25) is 15.9 Å². The van der Waals surface area contributed by atoms with Gasteiger partial charge in [0, 0.05) is 44.1 Å². The van der Waals surface area contributed by atoms with E-state index < -0.39 is 21.8 Å². The second-order valence-corrected chi connectivity index (χ2v) is 10.9. The predicted octanol–water partition coefficient (Wildman–Crippen LogP) is 3.07. The van der Waals surface area contributed by atoms with Crippen molar-refractivity contribution < 1.29 is 26.4 Å². The van der Waals surface area contributed by atoms with Crippen LogP contribution in [-0.2, 0) is 21.0 Å². The summed E-state index contributed by atoms with van der Waals surface area (Å²) in [6.45, 7) is 1.88. The first-order valence-corrected chi connectivity index (χ1v) is 12.9. The van der Waals surface area contributed by atoms with Crippen molar-refractivity contribution in [1.29, 1.82) is 0 Å². The average molecular weight is 512 g/mol. The molecule has 0 saturated carbocycles. The molecule has 8 nitrogen and oxygen atoms in total. The van der Waals surface area contributed by atoms with Crippen LogP contribution < -0.4 is 16.0 Å². The Kier molecular flexibility index (Phi) is 7.22. The summed E-state index contributed by atoms with van der Waals surface area (Å²) < 4.78 is 65.7. The number of piperidine rings is 2. The molecule has 2 aromatic rings. The van der Waals surface area contributed by atoms with Crippen molar-refractivity contribution in [2.75, 3.05) is 36.4 Å². The number of aromatic nitrogens is 1. The summed E-state index contributed by atoms with van der Waals surface area (Å²) in [5.74, 6) is -0.202. The highest BCUT2D eigenvalue weighted by Crippen LogP contribution is 2.30.